The highest BCUT2D eigenvalue weighted by molar-refractivity contribution is 6.01. The van der Waals surface area contributed by atoms with Crippen LogP contribution in [-0.2, 0) is 4.79 Å². The van der Waals surface area contributed by atoms with Gasteiger partial charge < -0.3 is 0 Å². The zero-order valence-corrected chi connectivity index (χ0v) is 12.8. The molecule has 0 N–H and O–H groups in total. The second-order valence-electron chi connectivity index (χ2n) is 5.74. The minimum Gasteiger partial charge on any atom is -0.294 e. The van der Waals surface area contributed by atoms with Gasteiger partial charge in [0.15, 0.2) is 0 Å². The summed E-state index contributed by atoms with van der Waals surface area (Å²) in [7, 11) is 0. The zero-order chi connectivity index (χ0) is 15.2. The van der Waals surface area contributed by atoms with Crippen molar-refractivity contribution in [2.24, 2.45) is 0 Å². The minimum atomic E-state index is 0.138. The van der Waals surface area contributed by atoms with Crippen LogP contribution in [0.5, 0.6) is 0 Å². The van der Waals surface area contributed by atoms with Crippen LogP contribution in [0.4, 0.5) is 11.4 Å². The van der Waals surface area contributed by atoms with E-state index in [1.165, 1.54) is 19.3 Å². The largest absolute Gasteiger partial charge is 0.294 e. The van der Waals surface area contributed by atoms with Gasteiger partial charge in [-0.3, -0.25) is 14.6 Å². The molecule has 1 saturated heterocycles. The van der Waals surface area contributed by atoms with Crippen molar-refractivity contribution >= 4 is 17.3 Å². The number of piperidine rings is 1. The van der Waals surface area contributed by atoms with Gasteiger partial charge in [-0.05, 0) is 50.2 Å². The van der Waals surface area contributed by atoms with Crippen LogP contribution in [0, 0.1) is 0 Å². The number of carbonyl (C=O) groups is 1. The first kappa shape index (κ1) is 14.8. The van der Waals surface area contributed by atoms with Gasteiger partial charge in [-0.15, -0.1) is 0 Å². The Hall–Kier alpha value is -2.13. The van der Waals surface area contributed by atoms with Crippen molar-refractivity contribution in [2.75, 3.05) is 24.5 Å². The van der Waals surface area contributed by atoms with Crippen LogP contribution in [0.25, 0.3) is 0 Å². The lowest BCUT2D eigenvalue weighted by atomic mass is 10.1. The van der Waals surface area contributed by atoms with Gasteiger partial charge in [0.25, 0.3) is 0 Å². The summed E-state index contributed by atoms with van der Waals surface area (Å²) < 4.78 is 0. The van der Waals surface area contributed by atoms with E-state index in [1.807, 2.05) is 65.6 Å². The summed E-state index contributed by atoms with van der Waals surface area (Å²) in [6.07, 6.45) is 3.68. The third-order valence-corrected chi connectivity index (χ3v) is 4.09. The number of hydrogen-bond acceptors (Lipinski definition) is 2. The lowest BCUT2D eigenvalue weighted by molar-refractivity contribution is -0.119. The monoisotopic (exact) mass is 294 g/mol. The number of anilines is 2. The normalized spacial score (nSPS) is 15.5. The average Bonchev–Trinajstić information content (AvgIpc) is 2.58. The van der Waals surface area contributed by atoms with Crippen LogP contribution in [0.2, 0.25) is 0 Å². The van der Waals surface area contributed by atoms with Crippen molar-refractivity contribution in [3.8, 4) is 0 Å². The molecular weight excluding hydrogens is 272 g/mol. The number of amides is 1. The van der Waals surface area contributed by atoms with Crippen molar-refractivity contribution in [1.29, 1.82) is 0 Å². The molecule has 3 heteroatoms. The molecule has 3 nitrogen and oxygen atoms in total. The SMILES string of the molecule is O=C(CN1CCCCC1)N(c1ccccc1)c1ccccc1. The highest BCUT2D eigenvalue weighted by Crippen LogP contribution is 2.25. The molecule has 0 atom stereocenters. The Morgan fingerprint density at radius 2 is 1.32 bits per heavy atom. The Morgan fingerprint density at radius 1 is 0.818 bits per heavy atom. The number of hydrogen-bond donors (Lipinski definition) is 0. The van der Waals surface area contributed by atoms with E-state index in [4.69, 9.17) is 0 Å². The molecule has 2 aromatic rings. The van der Waals surface area contributed by atoms with Gasteiger partial charge in [-0.25, -0.2) is 0 Å². The second kappa shape index (κ2) is 7.23. The van der Waals surface area contributed by atoms with Crippen molar-refractivity contribution in [3.63, 3.8) is 0 Å². The molecule has 1 aliphatic heterocycles. The van der Waals surface area contributed by atoms with E-state index in [0.717, 1.165) is 24.5 Å². The first-order valence-electron chi connectivity index (χ1n) is 8.00. The molecule has 1 amide bonds. The minimum absolute atomic E-state index is 0.138. The van der Waals surface area contributed by atoms with Gasteiger partial charge in [0.05, 0.1) is 6.54 Å². The molecule has 3 rings (SSSR count). The van der Waals surface area contributed by atoms with Gasteiger partial charge >= 0.3 is 0 Å². The molecule has 0 spiro atoms. The third-order valence-electron chi connectivity index (χ3n) is 4.09. The van der Waals surface area contributed by atoms with Gasteiger partial charge in [-0.2, -0.15) is 0 Å². The van der Waals surface area contributed by atoms with Crippen molar-refractivity contribution in [1.82, 2.24) is 4.90 Å². The molecule has 1 heterocycles. The van der Waals surface area contributed by atoms with Crippen LogP contribution in [-0.4, -0.2) is 30.4 Å². The Bertz CT molecular complexity index is 552. The number of nitrogens with zero attached hydrogens (tertiary/aromatic N) is 2. The number of carbonyl (C=O) groups excluding carboxylic acids is 1. The first-order chi connectivity index (χ1) is 10.8. The third kappa shape index (κ3) is 3.55. The summed E-state index contributed by atoms with van der Waals surface area (Å²) in [6, 6.07) is 19.8. The van der Waals surface area contributed by atoms with E-state index in [1.54, 1.807) is 0 Å². The fourth-order valence-corrected chi connectivity index (χ4v) is 2.97. The summed E-state index contributed by atoms with van der Waals surface area (Å²) in [5, 5.41) is 0. The molecule has 2 aromatic carbocycles. The molecule has 0 unspecified atom stereocenters. The topological polar surface area (TPSA) is 23.6 Å². The second-order valence-corrected chi connectivity index (χ2v) is 5.74. The first-order valence-corrected chi connectivity index (χ1v) is 8.00. The number of benzene rings is 2. The number of para-hydroxylation sites is 2. The summed E-state index contributed by atoms with van der Waals surface area (Å²) in [5.74, 6) is 0.138. The van der Waals surface area contributed by atoms with Crippen LogP contribution in [0.1, 0.15) is 19.3 Å². The van der Waals surface area contributed by atoms with Crippen molar-refractivity contribution in [3.05, 3.63) is 60.7 Å². The molecule has 0 bridgehead atoms. The predicted octanol–water partition coefficient (Wildman–Crippen LogP) is 3.84. The van der Waals surface area contributed by atoms with Gasteiger partial charge in [0.1, 0.15) is 0 Å². The van der Waals surface area contributed by atoms with Crippen LogP contribution in [0.15, 0.2) is 60.7 Å². The Morgan fingerprint density at radius 3 is 1.82 bits per heavy atom. The average molecular weight is 294 g/mol. The van der Waals surface area contributed by atoms with E-state index in [-0.39, 0.29) is 5.91 Å². The maximum Gasteiger partial charge on any atom is 0.245 e. The molecular formula is C19H22N2O. The van der Waals surface area contributed by atoms with E-state index in [2.05, 4.69) is 4.90 Å². The molecule has 114 valence electrons. The lowest BCUT2D eigenvalue weighted by Gasteiger charge is -2.29. The summed E-state index contributed by atoms with van der Waals surface area (Å²) in [4.78, 5) is 17.0. The van der Waals surface area contributed by atoms with Crippen molar-refractivity contribution < 1.29 is 4.79 Å². The quantitative estimate of drug-likeness (QED) is 0.855. The fraction of sp³-hybridized carbons (Fsp3) is 0.316. The smallest absolute Gasteiger partial charge is 0.245 e. The van der Waals surface area contributed by atoms with Crippen LogP contribution < -0.4 is 4.90 Å². The van der Waals surface area contributed by atoms with E-state index < -0.39 is 0 Å². The van der Waals surface area contributed by atoms with Crippen molar-refractivity contribution in [2.45, 2.75) is 19.3 Å². The van der Waals surface area contributed by atoms with Gasteiger partial charge in [0.2, 0.25) is 5.91 Å². The molecule has 1 fully saturated rings. The predicted molar refractivity (Wildman–Crippen MR) is 90.3 cm³/mol. The summed E-state index contributed by atoms with van der Waals surface area (Å²) >= 11 is 0. The molecule has 0 aromatic heterocycles. The highest BCUT2D eigenvalue weighted by atomic mass is 16.2. The Balaban J connectivity index is 1.83. The standard InChI is InChI=1S/C19H22N2O/c22-19(16-20-14-8-3-9-15-20)21(17-10-4-1-5-11-17)18-12-6-2-7-13-18/h1-2,4-7,10-13H,3,8-9,14-16H2. The van der Waals surface area contributed by atoms with Crippen LogP contribution >= 0.6 is 0 Å². The Kier molecular flexibility index (Phi) is 4.86. The van der Waals surface area contributed by atoms with Crippen LogP contribution in [0.3, 0.4) is 0 Å². The zero-order valence-electron chi connectivity index (χ0n) is 12.8. The molecule has 0 aliphatic carbocycles. The molecule has 0 saturated carbocycles. The highest BCUT2D eigenvalue weighted by Gasteiger charge is 2.21. The Labute approximate surface area is 132 Å². The van der Waals surface area contributed by atoms with E-state index >= 15 is 0 Å². The fourth-order valence-electron chi connectivity index (χ4n) is 2.97. The lowest BCUT2D eigenvalue weighted by Crippen LogP contribution is -2.40. The molecule has 0 radical (unpaired) electrons. The molecule has 1 aliphatic rings. The number of likely N-dealkylation sites (tertiary alicyclic amines) is 1. The number of rotatable bonds is 4. The van der Waals surface area contributed by atoms with E-state index in [0.29, 0.717) is 6.54 Å². The summed E-state index contributed by atoms with van der Waals surface area (Å²) in [5.41, 5.74) is 1.85. The maximum atomic E-state index is 12.9. The van der Waals surface area contributed by atoms with Gasteiger partial charge in [0, 0.05) is 11.4 Å². The van der Waals surface area contributed by atoms with E-state index in [9.17, 15) is 4.79 Å². The maximum absolute atomic E-state index is 12.9. The summed E-state index contributed by atoms with van der Waals surface area (Å²) in [6.45, 7) is 2.55. The molecule has 22 heavy (non-hydrogen) atoms. The van der Waals surface area contributed by atoms with Gasteiger partial charge in [-0.1, -0.05) is 42.8 Å².